The van der Waals surface area contributed by atoms with Gasteiger partial charge in [0, 0.05) is 0 Å². The number of ether oxygens (including phenoxy) is 1. The third-order valence-corrected chi connectivity index (χ3v) is 2.83. The van der Waals surface area contributed by atoms with Gasteiger partial charge in [0.2, 0.25) is 0 Å². The Morgan fingerprint density at radius 2 is 2.27 bits per heavy atom. The van der Waals surface area contributed by atoms with Crippen LogP contribution in [0.5, 0.6) is 5.75 Å². The van der Waals surface area contributed by atoms with Crippen LogP contribution in [-0.4, -0.2) is 7.11 Å². The summed E-state index contributed by atoms with van der Waals surface area (Å²) in [5.41, 5.74) is 0. The Bertz CT molecular complexity index is 254. The van der Waals surface area contributed by atoms with Gasteiger partial charge in [0.25, 0.3) is 0 Å². The molecule has 0 heterocycles. The molecule has 0 radical (unpaired) electrons. The minimum absolute atomic E-state index is 0.785. The van der Waals surface area contributed by atoms with Crippen molar-refractivity contribution in [2.75, 3.05) is 7.11 Å². The lowest BCUT2D eigenvalue weighted by molar-refractivity contribution is 0.402. The van der Waals surface area contributed by atoms with E-state index < -0.39 is 0 Å². The van der Waals surface area contributed by atoms with Gasteiger partial charge in [0.05, 0.1) is 16.5 Å². The number of para-hydroxylation sites is 1. The maximum Gasteiger partial charge on any atom is 0.147 e. The Balaban J connectivity index is 3.13. The number of halogens is 2. The number of rotatable bonds is 2. The van der Waals surface area contributed by atoms with E-state index in [0.717, 1.165) is 26.1 Å². The maximum atomic E-state index is 5.60. The fraction of sp³-hybridized carbons (Fsp3) is 0.143. The van der Waals surface area contributed by atoms with Gasteiger partial charge in [-0.15, -0.1) is 0 Å². The van der Waals surface area contributed by atoms with Crippen LogP contribution in [0.15, 0.2) is 27.6 Å². The zero-order valence-corrected chi connectivity index (χ0v) is 8.96. The van der Waals surface area contributed by atoms with E-state index in [2.05, 4.69) is 15.9 Å². The largest absolute Gasteiger partial charge is 0.494 e. The summed E-state index contributed by atoms with van der Waals surface area (Å²) in [6.07, 6.45) is 0. The average molecular weight is 254 g/mol. The summed E-state index contributed by atoms with van der Waals surface area (Å²) in [5.74, 6) is 0.785. The molecule has 0 aliphatic heterocycles. The van der Waals surface area contributed by atoms with Crippen molar-refractivity contribution in [2.24, 2.45) is 0 Å². The van der Waals surface area contributed by atoms with Crippen molar-refractivity contribution in [1.29, 1.82) is 0 Å². The Hall–Kier alpha value is 0.140. The van der Waals surface area contributed by atoms with Crippen LogP contribution in [0, 0.1) is 0 Å². The highest BCUT2D eigenvalue weighted by molar-refractivity contribution is 9.10. The molecule has 11 heavy (non-hydrogen) atoms. The van der Waals surface area contributed by atoms with E-state index >= 15 is 0 Å². The van der Waals surface area contributed by atoms with E-state index in [1.54, 1.807) is 7.11 Å². The van der Waals surface area contributed by atoms with E-state index in [9.17, 15) is 0 Å². The molecule has 0 fully saturated rings. The summed E-state index contributed by atoms with van der Waals surface area (Å²) < 4.78 is 6.04. The molecule has 0 aliphatic rings. The SMILES string of the molecule is COc1c(Br)cccc1SCl. The highest BCUT2D eigenvalue weighted by Crippen LogP contribution is 2.36. The van der Waals surface area contributed by atoms with Crippen molar-refractivity contribution in [1.82, 2.24) is 0 Å². The first-order valence-electron chi connectivity index (χ1n) is 2.90. The van der Waals surface area contributed by atoms with E-state index in [0.29, 0.717) is 0 Å². The Morgan fingerprint density at radius 3 is 2.73 bits per heavy atom. The van der Waals surface area contributed by atoms with Crippen LogP contribution in [0.25, 0.3) is 0 Å². The summed E-state index contributed by atoms with van der Waals surface area (Å²) >= 11 is 3.35. The molecule has 0 unspecified atom stereocenters. The van der Waals surface area contributed by atoms with Crippen molar-refractivity contribution < 1.29 is 4.74 Å². The van der Waals surface area contributed by atoms with Crippen LogP contribution in [-0.2, 0) is 0 Å². The van der Waals surface area contributed by atoms with Crippen molar-refractivity contribution in [3.63, 3.8) is 0 Å². The normalized spacial score (nSPS) is 9.73. The highest BCUT2D eigenvalue weighted by Gasteiger charge is 2.05. The second kappa shape index (κ2) is 4.24. The first-order chi connectivity index (χ1) is 5.29. The maximum absolute atomic E-state index is 5.60. The Labute approximate surface area is 82.7 Å². The second-order valence-corrected chi connectivity index (χ2v) is 3.76. The molecule has 0 aromatic heterocycles. The molecule has 0 saturated heterocycles. The minimum Gasteiger partial charge on any atom is -0.494 e. The molecule has 60 valence electrons. The molecular weight excluding hydrogens is 247 g/mol. The molecule has 0 aliphatic carbocycles. The van der Waals surface area contributed by atoms with Crippen molar-refractivity contribution in [3.05, 3.63) is 22.7 Å². The molecule has 1 aromatic rings. The Kier molecular flexibility index (Phi) is 3.55. The zero-order chi connectivity index (χ0) is 8.27. The Morgan fingerprint density at radius 1 is 1.55 bits per heavy atom. The van der Waals surface area contributed by atoms with Crippen molar-refractivity contribution >= 4 is 37.6 Å². The van der Waals surface area contributed by atoms with Gasteiger partial charge in [-0.25, -0.2) is 0 Å². The molecule has 1 nitrogen and oxygen atoms in total. The quantitative estimate of drug-likeness (QED) is 0.795. The number of hydrogen-bond acceptors (Lipinski definition) is 2. The van der Waals surface area contributed by atoms with E-state index in [1.807, 2.05) is 18.2 Å². The molecule has 0 saturated carbocycles. The number of benzene rings is 1. The molecule has 1 rings (SSSR count). The monoisotopic (exact) mass is 252 g/mol. The fourth-order valence-corrected chi connectivity index (χ4v) is 2.17. The summed E-state index contributed by atoms with van der Waals surface area (Å²) in [4.78, 5) is 0.920. The molecule has 1 aromatic carbocycles. The molecular formula is C7H6BrClOS. The van der Waals surface area contributed by atoms with Crippen LogP contribution in [0.4, 0.5) is 0 Å². The zero-order valence-electron chi connectivity index (χ0n) is 5.80. The van der Waals surface area contributed by atoms with Crippen LogP contribution in [0.3, 0.4) is 0 Å². The van der Waals surface area contributed by atoms with Crippen LogP contribution in [0.2, 0.25) is 0 Å². The van der Waals surface area contributed by atoms with E-state index in [4.69, 9.17) is 15.4 Å². The van der Waals surface area contributed by atoms with Crippen LogP contribution >= 0.6 is 37.6 Å². The van der Waals surface area contributed by atoms with Gasteiger partial charge in [0.1, 0.15) is 5.75 Å². The first kappa shape index (κ1) is 9.23. The van der Waals surface area contributed by atoms with Crippen LogP contribution in [0.1, 0.15) is 0 Å². The summed E-state index contributed by atoms with van der Waals surface area (Å²) in [6.45, 7) is 0. The smallest absolute Gasteiger partial charge is 0.147 e. The molecule has 0 bridgehead atoms. The van der Waals surface area contributed by atoms with Crippen molar-refractivity contribution in [2.45, 2.75) is 4.90 Å². The molecule has 4 heteroatoms. The lowest BCUT2D eigenvalue weighted by Gasteiger charge is -2.05. The predicted octanol–water partition coefficient (Wildman–Crippen LogP) is 3.70. The molecule has 0 atom stereocenters. The van der Waals surface area contributed by atoms with E-state index in [1.165, 1.54) is 0 Å². The molecule has 0 N–H and O–H groups in total. The van der Waals surface area contributed by atoms with Crippen LogP contribution < -0.4 is 4.74 Å². The third-order valence-electron chi connectivity index (χ3n) is 1.22. The predicted molar refractivity (Wildman–Crippen MR) is 52.4 cm³/mol. The van der Waals surface area contributed by atoms with Gasteiger partial charge in [-0.2, -0.15) is 0 Å². The van der Waals surface area contributed by atoms with Gasteiger partial charge < -0.3 is 4.74 Å². The van der Waals surface area contributed by atoms with E-state index in [-0.39, 0.29) is 0 Å². The standard InChI is InChI=1S/C7H6BrClOS/c1-10-7-5(8)3-2-4-6(7)11-9/h2-4H,1H3. The van der Waals surface area contributed by atoms with Gasteiger partial charge in [-0.3, -0.25) is 0 Å². The summed E-state index contributed by atoms with van der Waals surface area (Å²) in [6, 6.07) is 5.73. The molecule has 0 amide bonds. The minimum atomic E-state index is 0.785. The fourth-order valence-electron chi connectivity index (χ4n) is 0.748. The van der Waals surface area contributed by atoms with Gasteiger partial charge in [-0.1, -0.05) is 6.07 Å². The first-order valence-corrected chi connectivity index (χ1v) is 5.34. The second-order valence-electron chi connectivity index (χ2n) is 1.85. The molecule has 0 spiro atoms. The number of methoxy groups -OCH3 is 1. The lowest BCUT2D eigenvalue weighted by atomic mass is 10.3. The third kappa shape index (κ3) is 2.04. The average Bonchev–Trinajstić information content (AvgIpc) is 2.04. The lowest BCUT2D eigenvalue weighted by Crippen LogP contribution is -1.85. The van der Waals surface area contributed by atoms with Gasteiger partial charge in [-0.05, 0) is 49.7 Å². The van der Waals surface area contributed by atoms with Crippen molar-refractivity contribution in [3.8, 4) is 5.75 Å². The summed E-state index contributed by atoms with van der Waals surface area (Å²) in [5, 5.41) is 0. The topological polar surface area (TPSA) is 9.23 Å². The summed E-state index contributed by atoms with van der Waals surface area (Å²) in [7, 11) is 8.37. The highest BCUT2D eigenvalue weighted by atomic mass is 79.9. The van der Waals surface area contributed by atoms with Gasteiger partial charge in [0.15, 0.2) is 0 Å². The van der Waals surface area contributed by atoms with Gasteiger partial charge >= 0.3 is 0 Å². The number of hydrogen-bond donors (Lipinski definition) is 0.